The summed E-state index contributed by atoms with van der Waals surface area (Å²) in [5, 5.41) is 2.52. The number of nitrogens with two attached hydrogens (primary N) is 1. The van der Waals surface area contributed by atoms with Gasteiger partial charge in [-0.2, -0.15) is 4.31 Å². The Labute approximate surface area is 184 Å². The molecule has 0 spiro atoms. The number of carbonyl (C=O) groups is 2. The molecule has 1 aliphatic heterocycles. The highest BCUT2D eigenvalue weighted by Crippen LogP contribution is 2.36. The van der Waals surface area contributed by atoms with Crippen molar-refractivity contribution in [1.82, 2.24) is 0 Å². The van der Waals surface area contributed by atoms with Crippen molar-refractivity contribution in [2.24, 2.45) is 0 Å². The van der Waals surface area contributed by atoms with Crippen molar-refractivity contribution in [1.29, 1.82) is 0 Å². The van der Waals surface area contributed by atoms with Crippen molar-refractivity contribution in [3.05, 3.63) is 78.4 Å². The molecule has 4 rings (SSSR count). The van der Waals surface area contributed by atoms with Crippen molar-refractivity contribution >= 4 is 50.7 Å². The van der Waals surface area contributed by atoms with E-state index in [-0.39, 0.29) is 27.3 Å². The van der Waals surface area contributed by atoms with Crippen LogP contribution < -0.4 is 15.4 Å². The molecule has 0 bridgehead atoms. The Morgan fingerprint density at radius 3 is 2.39 bits per heavy atom. The fourth-order valence-electron chi connectivity index (χ4n) is 3.13. The fraction of sp³-hybridized carbons (Fsp3) is 0.0909. The highest BCUT2D eigenvalue weighted by molar-refractivity contribution is 8.01. The first-order chi connectivity index (χ1) is 14.8. The number of benzene rings is 3. The summed E-state index contributed by atoms with van der Waals surface area (Å²) in [7, 11) is -4.22. The predicted molar refractivity (Wildman–Crippen MR) is 122 cm³/mol. The number of para-hydroxylation sites is 1. The van der Waals surface area contributed by atoms with Crippen molar-refractivity contribution in [3.63, 3.8) is 0 Å². The second-order valence-corrected chi connectivity index (χ2v) is 10.1. The molecule has 3 aromatic carbocycles. The van der Waals surface area contributed by atoms with Crippen molar-refractivity contribution < 1.29 is 18.0 Å². The Hall–Kier alpha value is -3.30. The van der Waals surface area contributed by atoms with E-state index in [0.717, 1.165) is 9.20 Å². The molecular weight excluding hydrogens is 434 g/mol. The quantitative estimate of drug-likeness (QED) is 0.583. The molecule has 1 aliphatic rings. The van der Waals surface area contributed by atoms with Gasteiger partial charge in [0.25, 0.3) is 15.9 Å². The van der Waals surface area contributed by atoms with Gasteiger partial charge < -0.3 is 11.1 Å². The van der Waals surface area contributed by atoms with Crippen molar-refractivity contribution in [3.8, 4) is 0 Å². The van der Waals surface area contributed by atoms with Gasteiger partial charge in [-0.25, -0.2) is 8.42 Å². The van der Waals surface area contributed by atoms with Crippen LogP contribution in [0.4, 0.5) is 17.1 Å². The average molecular weight is 454 g/mol. The number of anilines is 3. The summed E-state index contributed by atoms with van der Waals surface area (Å²) in [6.07, 6.45) is 0. The maximum Gasteiger partial charge on any atom is 0.272 e. The molecule has 3 aromatic rings. The van der Waals surface area contributed by atoms with Crippen LogP contribution in [0.1, 0.15) is 17.3 Å². The molecule has 158 valence electrons. The predicted octanol–water partition coefficient (Wildman–Crippen LogP) is 3.74. The molecule has 0 fully saturated rings. The number of nitrogens with zero attached hydrogens (tertiary/aromatic N) is 1. The molecule has 0 saturated carbocycles. The number of carbonyl (C=O) groups excluding carboxylic acids is 2. The molecule has 0 saturated heterocycles. The summed E-state index contributed by atoms with van der Waals surface area (Å²) in [5.74, 6) is -0.903. The Morgan fingerprint density at radius 2 is 1.71 bits per heavy atom. The molecule has 0 aliphatic carbocycles. The summed E-state index contributed by atoms with van der Waals surface area (Å²) in [5.41, 5.74) is 6.92. The van der Waals surface area contributed by atoms with Crippen LogP contribution in [-0.4, -0.2) is 25.5 Å². The second kappa shape index (κ2) is 8.09. The molecule has 7 nitrogen and oxygen atoms in total. The topological polar surface area (TPSA) is 110 Å². The number of sulfonamides is 1. The van der Waals surface area contributed by atoms with Gasteiger partial charge in [0, 0.05) is 16.1 Å². The van der Waals surface area contributed by atoms with E-state index >= 15 is 0 Å². The van der Waals surface area contributed by atoms with E-state index in [1.165, 1.54) is 42.1 Å². The van der Waals surface area contributed by atoms with Gasteiger partial charge in [-0.15, -0.1) is 11.8 Å². The van der Waals surface area contributed by atoms with Crippen LogP contribution in [0.15, 0.2) is 82.6 Å². The molecule has 1 atom stereocenters. The lowest BCUT2D eigenvalue weighted by Gasteiger charge is -2.25. The zero-order chi connectivity index (χ0) is 22.2. The van der Waals surface area contributed by atoms with Gasteiger partial charge in [-0.1, -0.05) is 18.2 Å². The molecule has 9 heteroatoms. The third-order valence-corrected chi connectivity index (χ3v) is 7.65. The van der Waals surface area contributed by atoms with E-state index in [1.807, 2.05) is 0 Å². The van der Waals surface area contributed by atoms with Crippen molar-refractivity contribution in [2.75, 3.05) is 15.4 Å². The van der Waals surface area contributed by atoms with E-state index in [9.17, 15) is 18.0 Å². The number of hydrogen-bond acceptors (Lipinski definition) is 6. The van der Waals surface area contributed by atoms with Crippen LogP contribution >= 0.6 is 11.8 Å². The number of nitrogens with one attached hydrogen (secondary N) is 1. The van der Waals surface area contributed by atoms with E-state index in [0.29, 0.717) is 11.4 Å². The Balaban J connectivity index is 1.80. The first-order valence-electron chi connectivity index (χ1n) is 9.39. The van der Waals surface area contributed by atoms with Gasteiger partial charge in [-0.05, 0) is 61.5 Å². The van der Waals surface area contributed by atoms with E-state index in [4.69, 9.17) is 5.73 Å². The average Bonchev–Trinajstić information content (AvgIpc) is 2.75. The number of nitrogen functional groups attached to an aromatic ring is 1. The maximum atomic E-state index is 13.5. The first-order valence-corrected chi connectivity index (χ1v) is 11.7. The zero-order valence-corrected chi connectivity index (χ0v) is 18.1. The zero-order valence-electron chi connectivity index (χ0n) is 16.5. The van der Waals surface area contributed by atoms with Gasteiger partial charge >= 0.3 is 0 Å². The minimum absolute atomic E-state index is 0.0606. The van der Waals surface area contributed by atoms with Crippen LogP contribution in [0.5, 0.6) is 0 Å². The molecule has 1 heterocycles. The van der Waals surface area contributed by atoms with Crippen molar-refractivity contribution in [2.45, 2.75) is 22.0 Å². The normalized spacial score (nSPS) is 15.6. The minimum Gasteiger partial charge on any atom is -0.399 e. The number of rotatable bonds is 4. The number of fused-ring (bicyclic) bond motifs is 1. The Kier molecular flexibility index (Phi) is 5.47. The first kappa shape index (κ1) is 21.0. The smallest absolute Gasteiger partial charge is 0.272 e. The van der Waals surface area contributed by atoms with E-state index in [1.54, 1.807) is 49.4 Å². The lowest BCUT2D eigenvalue weighted by atomic mass is 10.1. The standard InChI is InChI=1S/C22H19N3O4S2/c1-14-21(26)24-19-13-15(7-12-20(19)30-14)22(27)25(17-5-3-2-4-6-17)31(28,29)18-10-8-16(23)9-11-18/h2-14H,23H2,1H3,(H,24,26). The molecular formula is C22H19N3O4S2. The summed E-state index contributed by atoms with van der Waals surface area (Å²) in [6.45, 7) is 1.79. The molecule has 3 N–H and O–H groups in total. The largest absolute Gasteiger partial charge is 0.399 e. The monoisotopic (exact) mass is 453 g/mol. The van der Waals surface area contributed by atoms with Gasteiger partial charge in [0.05, 0.1) is 21.5 Å². The Morgan fingerprint density at radius 1 is 1.03 bits per heavy atom. The van der Waals surface area contributed by atoms with Gasteiger partial charge in [0.15, 0.2) is 0 Å². The molecule has 1 unspecified atom stereocenters. The summed E-state index contributed by atoms with van der Waals surface area (Å²) < 4.78 is 27.6. The van der Waals surface area contributed by atoms with Crippen LogP contribution in [-0.2, 0) is 14.8 Å². The van der Waals surface area contributed by atoms with Gasteiger partial charge in [0.2, 0.25) is 5.91 Å². The van der Waals surface area contributed by atoms with E-state index < -0.39 is 15.9 Å². The van der Waals surface area contributed by atoms with Gasteiger partial charge in [0.1, 0.15) is 0 Å². The highest BCUT2D eigenvalue weighted by atomic mass is 32.2. The van der Waals surface area contributed by atoms with Crippen LogP contribution in [0.2, 0.25) is 0 Å². The summed E-state index contributed by atoms with van der Waals surface area (Å²) in [4.78, 5) is 26.3. The fourth-order valence-corrected chi connectivity index (χ4v) is 5.48. The number of hydrogen-bond donors (Lipinski definition) is 2. The SMILES string of the molecule is CC1Sc2ccc(C(=O)N(c3ccccc3)S(=O)(=O)c3ccc(N)cc3)cc2NC1=O. The summed E-state index contributed by atoms with van der Waals surface area (Å²) in [6, 6.07) is 18.6. The molecule has 31 heavy (non-hydrogen) atoms. The third kappa shape index (κ3) is 4.01. The maximum absolute atomic E-state index is 13.5. The second-order valence-electron chi connectivity index (χ2n) is 6.94. The molecule has 0 aromatic heterocycles. The van der Waals surface area contributed by atoms with Gasteiger partial charge in [-0.3, -0.25) is 9.59 Å². The molecule has 2 amide bonds. The highest BCUT2D eigenvalue weighted by Gasteiger charge is 2.33. The Bertz CT molecular complexity index is 1260. The minimum atomic E-state index is -4.22. The van der Waals surface area contributed by atoms with Crippen LogP contribution in [0.25, 0.3) is 0 Å². The van der Waals surface area contributed by atoms with E-state index in [2.05, 4.69) is 5.32 Å². The molecule has 0 radical (unpaired) electrons. The lowest BCUT2D eigenvalue weighted by molar-refractivity contribution is -0.115. The third-order valence-electron chi connectivity index (χ3n) is 4.75. The summed E-state index contributed by atoms with van der Waals surface area (Å²) >= 11 is 1.38. The van der Waals surface area contributed by atoms with Crippen LogP contribution in [0, 0.1) is 0 Å². The van der Waals surface area contributed by atoms with Crippen LogP contribution in [0.3, 0.4) is 0 Å². The lowest BCUT2D eigenvalue weighted by Crippen LogP contribution is -2.37. The number of amides is 2. The number of thioether (sulfide) groups is 1.